The average molecular weight is 442 g/mol. The number of hydrogen-bond donors (Lipinski definition) is 1. The van der Waals surface area contributed by atoms with Crippen LogP contribution < -0.4 is 5.32 Å². The van der Waals surface area contributed by atoms with Gasteiger partial charge in [-0.2, -0.15) is 5.10 Å². The van der Waals surface area contributed by atoms with E-state index in [2.05, 4.69) is 55.3 Å². The number of nitrogens with one attached hydrogen (secondary N) is 1. The van der Waals surface area contributed by atoms with E-state index in [1.807, 2.05) is 14.0 Å². The predicted octanol–water partition coefficient (Wildman–Crippen LogP) is 4.86. The second-order valence-electron chi connectivity index (χ2n) is 4.56. The van der Waals surface area contributed by atoms with Gasteiger partial charge in [0.25, 0.3) is 0 Å². The van der Waals surface area contributed by atoms with Gasteiger partial charge in [0.05, 0.1) is 9.48 Å². The van der Waals surface area contributed by atoms with E-state index in [0.717, 1.165) is 37.6 Å². The van der Waals surface area contributed by atoms with Crippen molar-refractivity contribution in [2.45, 2.75) is 26.3 Å². The minimum Gasteiger partial charge on any atom is -0.309 e. The molecule has 0 saturated heterocycles. The van der Waals surface area contributed by atoms with Gasteiger partial charge in [-0.25, -0.2) is 0 Å². The van der Waals surface area contributed by atoms with Gasteiger partial charge in [-0.05, 0) is 57.8 Å². The highest BCUT2D eigenvalue weighted by Gasteiger charge is 2.20. The van der Waals surface area contributed by atoms with E-state index in [1.54, 1.807) is 16.0 Å². The number of aryl methyl sites for hydroxylation is 2. The zero-order chi connectivity index (χ0) is 14.9. The molecule has 7 heteroatoms. The molecule has 0 saturated carbocycles. The first-order valence-corrected chi connectivity index (χ1v) is 9.08. The second-order valence-corrected chi connectivity index (χ2v) is 8.18. The maximum Gasteiger partial charge on any atom is 0.130 e. The van der Waals surface area contributed by atoms with Gasteiger partial charge in [0, 0.05) is 28.0 Å². The Bertz CT molecular complexity index is 590. The number of likely N-dealkylation sites (N-methyl/N-ethyl adjacent to an activating group) is 1. The summed E-state index contributed by atoms with van der Waals surface area (Å²) in [4.78, 5) is 1.28. The van der Waals surface area contributed by atoms with Gasteiger partial charge >= 0.3 is 0 Å². The monoisotopic (exact) mass is 439 g/mol. The summed E-state index contributed by atoms with van der Waals surface area (Å²) in [6.45, 7) is 5.03. The van der Waals surface area contributed by atoms with Crippen LogP contribution in [0.1, 0.15) is 29.1 Å². The Balaban J connectivity index is 2.30. The lowest BCUT2D eigenvalue weighted by atomic mass is 10.1. The standard InChI is InChI=1S/C13H16Br2ClN3S/c1-4-17-10(11-6-9(14)12(15)20-11)5-8-7(2)18-19(3)13(8)16/h6,10,17H,4-5H2,1-3H3. The highest BCUT2D eigenvalue weighted by atomic mass is 79.9. The van der Waals surface area contributed by atoms with E-state index < -0.39 is 0 Å². The molecule has 0 fully saturated rings. The van der Waals surface area contributed by atoms with Gasteiger partial charge in [-0.1, -0.05) is 18.5 Å². The summed E-state index contributed by atoms with van der Waals surface area (Å²) in [5, 5.41) is 8.63. The molecule has 0 spiro atoms. The quantitative estimate of drug-likeness (QED) is 0.718. The smallest absolute Gasteiger partial charge is 0.130 e. The molecule has 1 atom stereocenters. The van der Waals surface area contributed by atoms with E-state index in [9.17, 15) is 0 Å². The number of hydrogen-bond acceptors (Lipinski definition) is 3. The largest absolute Gasteiger partial charge is 0.309 e. The van der Waals surface area contributed by atoms with E-state index in [4.69, 9.17) is 11.6 Å². The maximum atomic E-state index is 6.34. The molecule has 0 aliphatic rings. The molecule has 2 heterocycles. The first-order valence-electron chi connectivity index (χ1n) is 6.30. The summed E-state index contributed by atoms with van der Waals surface area (Å²) in [6.07, 6.45) is 0.839. The van der Waals surface area contributed by atoms with Crippen LogP contribution in [0.3, 0.4) is 0 Å². The summed E-state index contributed by atoms with van der Waals surface area (Å²) in [5.74, 6) is 0. The average Bonchev–Trinajstić information content (AvgIpc) is 2.83. The van der Waals surface area contributed by atoms with E-state index in [0.29, 0.717) is 0 Å². The minimum absolute atomic E-state index is 0.244. The lowest BCUT2D eigenvalue weighted by Crippen LogP contribution is -2.22. The van der Waals surface area contributed by atoms with Crippen molar-refractivity contribution in [3.63, 3.8) is 0 Å². The fourth-order valence-corrected chi connectivity index (χ4v) is 4.58. The summed E-state index contributed by atoms with van der Waals surface area (Å²) >= 11 is 15.2. The number of rotatable bonds is 5. The lowest BCUT2D eigenvalue weighted by molar-refractivity contribution is 0.557. The minimum atomic E-state index is 0.244. The molecule has 2 rings (SSSR count). The molecule has 1 N–H and O–H groups in total. The zero-order valence-electron chi connectivity index (χ0n) is 11.5. The van der Waals surface area contributed by atoms with Crippen LogP contribution in [-0.2, 0) is 13.5 Å². The molecule has 3 nitrogen and oxygen atoms in total. The van der Waals surface area contributed by atoms with Crippen LogP contribution in [0.2, 0.25) is 5.15 Å². The molecule has 1 unspecified atom stereocenters. The Kier molecular flexibility index (Phi) is 5.71. The molecule has 0 aliphatic heterocycles. The third-order valence-electron chi connectivity index (χ3n) is 3.14. The third kappa shape index (κ3) is 3.47. The summed E-state index contributed by atoms with van der Waals surface area (Å²) in [6, 6.07) is 2.40. The van der Waals surface area contributed by atoms with Gasteiger partial charge < -0.3 is 5.32 Å². The van der Waals surface area contributed by atoms with Crippen molar-refractivity contribution in [1.82, 2.24) is 15.1 Å². The highest BCUT2D eigenvalue weighted by Crippen LogP contribution is 2.37. The van der Waals surface area contributed by atoms with Crippen molar-refractivity contribution in [2.75, 3.05) is 6.54 Å². The van der Waals surface area contributed by atoms with E-state index >= 15 is 0 Å². The molecule has 20 heavy (non-hydrogen) atoms. The van der Waals surface area contributed by atoms with E-state index in [1.165, 1.54) is 4.88 Å². The molecular weight excluding hydrogens is 425 g/mol. The van der Waals surface area contributed by atoms with Crippen LogP contribution in [-0.4, -0.2) is 16.3 Å². The molecule has 2 aromatic rings. The topological polar surface area (TPSA) is 29.9 Å². The van der Waals surface area contributed by atoms with Crippen molar-refractivity contribution in [1.29, 1.82) is 0 Å². The zero-order valence-corrected chi connectivity index (χ0v) is 16.2. The molecule has 0 amide bonds. The van der Waals surface area contributed by atoms with Gasteiger partial charge in [0.1, 0.15) is 5.15 Å². The summed E-state index contributed by atoms with van der Waals surface area (Å²) < 4.78 is 3.94. The maximum absolute atomic E-state index is 6.34. The van der Waals surface area contributed by atoms with Crippen molar-refractivity contribution in [2.24, 2.45) is 7.05 Å². The lowest BCUT2D eigenvalue weighted by Gasteiger charge is -2.16. The molecule has 2 aromatic heterocycles. The van der Waals surface area contributed by atoms with Crippen LogP contribution in [0.4, 0.5) is 0 Å². The first-order chi connectivity index (χ1) is 9.43. The Morgan fingerprint density at radius 2 is 2.20 bits per heavy atom. The van der Waals surface area contributed by atoms with Crippen LogP contribution in [0.25, 0.3) is 0 Å². The normalized spacial score (nSPS) is 12.9. The van der Waals surface area contributed by atoms with Crippen molar-refractivity contribution in [3.05, 3.63) is 35.6 Å². The number of halogens is 3. The third-order valence-corrected chi connectivity index (χ3v) is 6.98. The van der Waals surface area contributed by atoms with Crippen LogP contribution in [0.5, 0.6) is 0 Å². The van der Waals surface area contributed by atoms with Gasteiger partial charge in [-0.3, -0.25) is 4.68 Å². The SMILES string of the molecule is CCNC(Cc1c(C)nn(C)c1Cl)c1cc(Br)c(Br)s1. The molecule has 0 aliphatic carbocycles. The van der Waals surface area contributed by atoms with Crippen molar-refractivity contribution >= 4 is 54.8 Å². The first kappa shape index (κ1) is 16.5. The molecular formula is C13H16Br2ClN3S. The summed E-state index contributed by atoms with van der Waals surface area (Å²) in [5.41, 5.74) is 2.11. The van der Waals surface area contributed by atoms with Gasteiger partial charge in [0.2, 0.25) is 0 Å². The van der Waals surface area contributed by atoms with Gasteiger partial charge in [0.15, 0.2) is 0 Å². The molecule has 0 aromatic carbocycles. The van der Waals surface area contributed by atoms with Crippen LogP contribution in [0.15, 0.2) is 14.3 Å². The summed E-state index contributed by atoms with van der Waals surface area (Å²) in [7, 11) is 1.87. The van der Waals surface area contributed by atoms with Crippen molar-refractivity contribution in [3.8, 4) is 0 Å². The van der Waals surface area contributed by atoms with E-state index in [-0.39, 0.29) is 6.04 Å². The molecule has 0 bridgehead atoms. The van der Waals surface area contributed by atoms with Crippen LogP contribution in [0, 0.1) is 6.92 Å². The molecule has 0 radical (unpaired) electrons. The Labute approximate surface area is 145 Å². The number of aromatic nitrogens is 2. The number of thiophene rings is 1. The fourth-order valence-electron chi connectivity index (χ4n) is 2.16. The molecule has 110 valence electrons. The Hall–Kier alpha value is 0.120. The van der Waals surface area contributed by atoms with Gasteiger partial charge in [-0.15, -0.1) is 11.3 Å². The fraction of sp³-hybridized carbons (Fsp3) is 0.462. The van der Waals surface area contributed by atoms with Crippen LogP contribution >= 0.6 is 54.8 Å². The van der Waals surface area contributed by atoms with Crippen molar-refractivity contribution < 1.29 is 0 Å². The second kappa shape index (κ2) is 6.92. The number of nitrogens with zero attached hydrogens (tertiary/aromatic N) is 2. The Morgan fingerprint density at radius 3 is 2.65 bits per heavy atom. The Morgan fingerprint density at radius 1 is 1.50 bits per heavy atom. The predicted molar refractivity (Wildman–Crippen MR) is 92.8 cm³/mol. The highest BCUT2D eigenvalue weighted by molar-refractivity contribution is 9.13.